The van der Waals surface area contributed by atoms with Crippen molar-refractivity contribution in [1.82, 2.24) is 10.2 Å². The van der Waals surface area contributed by atoms with Gasteiger partial charge in [-0.3, -0.25) is 14.5 Å². The summed E-state index contributed by atoms with van der Waals surface area (Å²) in [7, 11) is 0. The third kappa shape index (κ3) is 2.38. The molecule has 24 heavy (non-hydrogen) atoms. The Morgan fingerprint density at radius 2 is 1.58 bits per heavy atom. The minimum absolute atomic E-state index is 0.0806. The standard InChI is InChI=1S/C18H19N3O3/c22-16-14-11-6-7-12(9-8-11)15(14)17(23)21(16)10-19-18(24)20-13-4-2-1-3-5-13/h1-7,11-12,14-15H,8-10H2,(H2,19,20,24)/t11-,12-,14-,15+/m0/s1. The van der Waals surface area contributed by atoms with Crippen LogP contribution in [0, 0.1) is 23.7 Å². The van der Waals surface area contributed by atoms with Crippen LogP contribution in [0.4, 0.5) is 10.5 Å². The largest absolute Gasteiger partial charge is 0.320 e. The summed E-state index contributed by atoms with van der Waals surface area (Å²) in [6, 6.07) is 8.59. The van der Waals surface area contributed by atoms with E-state index in [1.165, 1.54) is 4.90 Å². The zero-order valence-electron chi connectivity index (χ0n) is 13.1. The van der Waals surface area contributed by atoms with Crippen molar-refractivity contribution in [2.45, 2.75) is 12.8 Å². The van der Waals surface area contributed by atoms with Crippen molar-refractivity contribution in [3.8, 4) is 0 Å². The van der Waals surface area contributed by atoms with Gasteiger partial charge in [-0.1, -0.05) is 30.4 Å². The molecular formula is C18H19N3O3. The third-order valence-electron chi connectivity index (χ3n) is 5.28. The number of anilines is 1. The molecule has 4 atom stereocenters. The number of amides is 4. The van der Waals surface area contributed by atoms with Gasteiger partial charge in [-0.25, -0.2) is 4.79 Å². The number of carbonyl (C=O) groups excluding carboxylic acids is 3. The molecule has 5 rings (SSSR count). The number of imide groups is 1. The first-order valence-corrected chi connectivity index (χ1v) is 8.28. The van der Waals surface area contributed by atoms with Crippen molar-refractivity contribution in [2.24, 2.45) is 23.7 Å². The fourth-order valence-corrected chi connectivity index (χ4v) is 4.14. The zero-order valence-corrected chi connectivity index (χ0v) is 13.1. The maximum atomic E-state index is 12.6. The SMILES string of the molecule is O=C(NCN1C(=O)[C@@H]2[C@H](C1=O)[C@H]1C=C[C@H]2CC1)Nc1ccccc1. The van der Waals surface area contributed by atoms with Gasteiger partial charge in [-0.15, -0.1) is 0 Å². The average molecular weight is 325 g/mol. The number of hydrogen-bond acceptors (Lipinski definition) is 3. The van der Waals surface area contributed by atoms with Gasteiger partial charge in [0.15, 0.2) is 0 Å². The van der Waals surface area contributed by atoms with Crippen LogP contribution in [0.15, 0.2) is 42.5 Å². The van der Waals surface area contributed by atoms with E-state index in [2.05, 4.69) is 22.8 Å². The van der Waals surface area contributed by atoms with Gasteiger partial charge in [0, 0.05) is 5.69 Å². The van der Waals surface area contributed by atoms with E-state index in [-0.39, 0.29) is 42.2 Å². The molecule has 2 bridgehead atoms. The number of nitrogens with one attached hydrogen (secondary N) is 2. The first-order valence-electron chi connectivity index (χ1n) is 8.28. The van der Waals surface area contributed by atoms with Gasteiger partial charge in [0.1, 0.15) is 6.67 Å². The molecule has 1 saturated heterocycles. The van der Waals surface area contributed by atoms with Crippen LogP contribution in [0.3, 0.4) is 0 Å². The first-order chi connectivity index (χ1) is 11.6. The maximum absolute atomic E-state index is 12.6. The molecule has 1 saturated carbocycles. The Kier molecular flexibility index (Phi) is 3.59. The second kappa shape index (κ2) is 5.78. The van der Waals surface area contributed by atoms with Crippen molar-refractivity contribution in [1.29, 1.82) is 0 Å². The van der Waals surface area contributed by atoms with E-state index in [1.807, 2.05) is 18.2 Å². The minimum atomic E-state index is -0.433. The molecule has 0 radical (unpaired) electrons. The van der Waals surface area contributed by atoms with Gasteiger partial charge in [-0.05, 0) is 36.8 Å². The monoisotopic (exact) mass is 325 g/mol. The zero-order chi connectivity index (χ0) is 16.7. The number of carbonyl (C=O) groups is 3. The number of para-hydroxylation sites is 1. The molecule has 1 aromatic rings. The molecule has 3 aliphatic carbocycles. The summed E-state index contributed by atoms with van der Waals surface area (Å²) in [6.07, 6.45) is 6.10. The highest BCUT2D eigenvalue weighted by atomic mass is 16.2. The number of nitrogens with zero attached hydrogens (tertiary/aromatic N) is 1. The topological polar surface area (TPSA) is 78.5 Å². The van der Waals surface area contributed by atoms with Crippen molar-refractivity contribution in [3.63, 3.8) is 0 Å². The fraction of sp³-hybridized carbons (Fsp3) is 0.389. The number of fused-ring (bicyclic) bond motifs is 1. The molecule has 2 N–H and O–H groups in total. The van der Waals surface area contributed by atoms with Gasteiger partial charge in [0.05, 0.1) is 11.8 Å². The van der Waals surface area contributed by atoms with Crippen molar-refractivity contribution in [2.75, 3.05) is 12.0 Å². The normalized spacial score (nSPS) is 30.4. The predicted molar refractivity (Wildman–Crippen MR) is 87.7 cm³/mol. The van der Waals surface area contributed by atoms with Crippen LogP contribution in [-0.2, 0) is 9.59 Å². The molecule has 1 heterocycles. The Balaban J connectivity index is 1.40. The lowest BCUT2D eigenvalue weighted by atomic mass is 9.63. The summed E-state index contributed by atoms with van der Waals surface area (Å²) in [5.74, 6) is -0.437. The van der Waals surface area contributed by atoms with E-state index in [1.54, 1.807) is 12.1 Å². The highest BCUT2D eigenvalue weighted by Crippen LogP contribution is 2.49. The van der Waals surface area contributed by atoms with Gasteiger partial charge >= 0.3 is 6.03 Å². The van der Waals surface area contributed by atoms with Crippen LogP contribution in [-0.4, -0.2) is 29.4 Å². The van der Waals surface area contributed by atoms with Gasteiger partial charge in [0.2, 0.25) is 11.8 Å². The van der Waals surface area contributed by atoms with Crippen LogP contribution in [0.1, 0.15) is 12.8 Å². The Morgan fingerprint density at radius 3 is 2.12 bits per heavy atom. The van der Waals surface area contributed by atoms with E-state index in [0.29, 0.717) is 5.69 Å². The highest BCUT2D eigenvalue weighted by Gasteiger charge is 2.56. The summed E-state index contributed by atoms with van der Waals surface area (Å²) in [5, 5.41) is 5.28. The summed E-state index contributed by atoms with van der Waals surface area (Å²) < 4.78 is 0. The fourth-order valence-electron chi connectivity index (χ4n) is 4.14. The third-order valence-corrected chi connectivity index (χ3v) is 5.28. The molecule has 4 aliphatic rings. The lowest BCUT2D eigenvalue weighted by Gasteiger charge is -2.38. The maximum Gasteiger partial charge on any atom is 0.320 e. The molecular weight excluding hydrogens is 306 g/mol. The molecule has 124 valence electrons. The van der Waals surface area contributed by atoms with E-state index in [4.69, 9.17) is 0 Å². The highest BCUT2D eigenvalue weighted by molar-refractivity contribution is 6.06. The van der Waals surface area contributed by atoms with Crippen LogP contribution in [0.5, 0.6) is 0 Å². The van der Waals surface area contributed by atoms with Crippen molar-refractivity contribution >= 4 is 23.5 Å². The van der Waals surface area contributed by atoms with E-state index >= 15 is 0 Å². The van der Waals surface area contributed by atoms with E-state index in [0.717, 1.165) is 12.8 Å². The van der Waals surface area contributed by atoms with Gasteiger partial charge in [0.25, 0.3) is 0 Å². The number of likely N-dealkylation sites (tertiary alicyclic amines) is 1. The Morgan fingerprint density at radius 1 is 1.00 bits per heavy atom. The first kappa shape index (κ1) is 14.9. The summed E-state index contributed by atoms with van der Waals surface area (Å²) in [6.45, 7) is -0.0806. The summed E-state index contributed by atoms with van der Waals surface area (Å²) >= 11 is 0. The number of benzene rings is 1. The average Bonchev–Trinajstić information content (AvgIpc) is 2.88. The number of rotatable bonds is 3. The lowest BCUT2D eigenvalue weighted by molar-refractivity contribution is -0.140. The molecule has 1 aromatic carbocycles. The quantitative estimate of drug-likeness (QED) is 0.659. The van der Waals surface area contributed by atoms with E-state index < -0.39 is 6.03 Å². The number of urea groups is 1. The Labute approximate surface area is 139 Å². The number of hydrogen-bond donors (Lipinski definition) is 2. The number of allylic oxidation sites excluding steroid dienone is 2. The summed E-state index contributed by atoms with van der Waals surface area (Å²) in [4.78, 5) is 38.4. The molecule has 6 heteroatoms. The molecule has 0 unspecified atom stereocenters. The molecule has 1 aliphatic heterocycles. The Hall–Kier alpha value is -2.63. The molecule has 2 fully saturated rings. The molecule has 6 nitrogen and oxygen atoms in total. The van der Waals surface area contributed by atoms with Crippen LogP contribution >= 0.6 is 0 Å². The molecule has 4 amide bonds. The van der Waals surface area contributed by atoms with Crippen LogP contribution < -0.4 is 10.6 Å². The lowest BCUT2D eigenvalue weighted by Crippen LogP contribution is -2.43. The molecule has 0 aromatic heterocycles. The van der Waals surface area contributed by atoms with Crippen LogP contribution in [0.2, 0.25) is 0 Å². The Bertz CT molecular complexity index is 683. The summed E-state index contributed by atoms with van der Waals surface area (Å²) in [5.41, 5.74) is 0.657. The van der Waals surface area contributed by atoms with Crippen molar-refractivity contribution < 1.29 is 14.4 Å². The van der Waals surface area contributed by atoms with Gasteiger partial charge < -0.3 is 10.6 Å². The second-order valence-corrected chi connectivity index (χ2v) is 6.60. The van der Waals surface area contributed by atoms with Gasteiger partial charge in [-0.2, -0.15) is 0 Å². The molecule has 0 spiro atoms. The second-order valence-electron chi connectivity index (χ2n) is 6.60. The van der Waals surface area contributed by atoms with Crippen molar-refractivity contribution in [3.05, 3.63) is 42.5 Å². The van der Waals surface area contributed by atoms with E-state index in [9.17, 15) is 14.4 Å². The minimum Gasteiger partial charge on any atom is -0.320 e. The van der Waals surface area contributed by atoms with Crippen LogP contribution in [0.25, 0.3) is 0 Å². The predicted octanol–water partition coefficient (Wildman–Crippen LogP) is 1.96. The smallest absolute Gasteiger partial charge is 0.320 e.